The van der Waals surface area contributed by atoms with Crippen molar-refractivity contribution in [2.45, 2.75) is 33.1 Å². The third-order valence-corrected chi connectivity index (χ3v) is 3.91. The van der Waals surface area contributed by atoms with Crippen LogP contribution in [0.4, 0.5) is 0 Å². The molecule has 0 unspecified atom stereocenters. The predicted molar refractivity (Wildman–Crippen MR) is 95.6 cm³/mol. The Hall–Kier alpha value is -2.36. The Labute approximate surface area is 144 Å². The van der Waals surface area contributed by atoms with Gasteiger partial charge >= 0.3 is 0 Å². The highest BCUT2D eigenvalue weighted by Crippen LogP contribution is 2.32. The summed E-state index contributed by atoms with van der Waals surface area (Å²) < 4.78 is 22.3. The summed E-state index contributed by atoms with van der Waals surface area (Å²) >= 11 is 0. The molecule has 4 heteroatoms. The quantitative estimate of drug-likeness (QED) is 0.651. The van der Waals surface area contributed by atoms with Crippen molar-refractivity contribution in [1.82, 2.24) is 0 Å². The Morgan fingerprint density at radius 3 is 2.33 bits per heavy atom. The molecule has 0 aliphatic carbocycles. The lowest BCUT2D eigenvalue weighted by Crippen LogP contribution is -2.07. The molecular formula is C20H26O4. The third-order valence-electron chi connectivity index (χ3n) is 3.91. The molecule has 0 N–H and O–H groups in total. The van der Waals surface area contributed by atoms with E-state index in [1.807, 2.05) is 36.4 Å². The van der Waals surface area contributed by atoms with Gasteiger partial charge in [-0.15, -0.1) is 0 Å². The first-order valence-electron chi connectivity index (χ1n) is 8.20. The first kappa shape index (κ1) is 18.0. The fraction of sp³-hybridized carbons (Fsp3) is 0.400. The highest BCUT2D eigenvalue weighted by molar-refractivity contribution is 5.46. The summed E-state index contributed by atoms with van der Waals surface area (Å²) in [5, 5.41) is 0. The zero-order valence-electron chi connectivity index (χ0n) is 15.1. The lowest BCUT2D eigenvalue weighted by molar-refractivity contribution is 0.116. The topological polar surface area (TPSA) is 36.9 Å². The van der Waals surface area contributed by atoms with Crippen molar-refractivity contribution >= 4 is 0 Å². The average Bonchev–Trinajstić information content (AvgIpc) is 2.61. The molecule has 2 aromatic carbocycles. The molecule has 2 rings (SSSR count). The molecule has 24 heavy (non-hydrogen) atoms. The molecule has 0 heterocycles. The zero-order chi connectivity index (χ0) is 17.5. The molecule has 0 saturated carbocycles. The van der Waals surface area contributed by atoms with Gasteiger partial charge in [-0.1, -0.05) is 32.9 Å². The number of methoxy groups -OCH3 is 2. The van der Waals surface area contributed by atoms with Gasteiger partial charge in [0.05, 0.1) is 14.2 Å². The van der Waals surface area contributed by atoms with Crippen molar-refractivity contribution < 1.29 is 18.9 Å². The Balaban J connectivity index is 2.06. The molecule has 0 bridgehead atoms. The third kappa shape index (κ3) is 4.13. The maximum atomic E-state index is 5.75. The summed E-state index contributed by atoms with van der Waals surface area (Å²) in [6.07, 6.45) is 0.886. The van der Waals surface area contributed by atoms with E-state index in [0.717, 1.165) is 34.8 Å². The average molecular weight is 330 g/mol. The second-order valence-electron chi connectivity index (χ2n) is 5.77. The van der Waals surface area contributed by atoms with Crippen LogP contribution in [0.1, 0.15) is 37.8 Å². The summed E-state index contributed by atoms with van der Waals surface area (Å²) in [6, 6.07) is 11.7. The van der Waals surface area contributed by atoms with Gasteiger partial charge in [0, 0.05) is 5.56 Å². The summed E-state index contributed by atoms with van der Waals surface area (Å²) in [4.78, 5) is 0. The standard InChI is InChI=1S/C20H26O4/c1-6-15-8-7-9-19(20(15)22-5)24-13-23-16-10-11-18(21-4)17(12-16)14(2)3/h7-12,14H,6,13H2,1-5H3. The second-order valence-corrected chi connectivity index (χ2v) is 5.77. The summed E-state index contributed by atoms with van der Waals surface area (Å²) in [5.41, 5.74) is 2.22. The maximum Gasteiger partial charge on any atom is 0.231 e. The summed E-state index contributed by atoms with van der Waals surface area (Å²) in [5.74, 6) is 3.43. The van der Waals surface area contributed by atoms with Crippen molar-refractivity contribution in [2.75, 3.05) is 21.0 Å². The molecule has 0 saturated heterocycles. The summed E-state index contributed by atoms with van der Waals surface area (Å²) in [6.45, 7) is 6.45. The Morgan fingerprint density at radius 1 is 0.917 bits per heavy atom. The highest BCUT2D eigenvalue weighted by atomic mass is 16.7. The first-order valence-corrected chi connectivity index (χ1v) is 8.20. The number of rotatable bonds is 8. The smallest absolute Gasteiger partial charge is 0.231 e. The van der Waals surface area contributed by atoms with Gasteiger partial charge in [0.2, 0.25) is 6.79 Å². The minimum Gasteiger partial charge on any atom is -0.496 e. The highest BCUT2D eigenvalue weighted by Gasteiger charge is 2.11. The minimum atomic E-state index is 0.118. The number of aryl methyl sites for hydroxylation is 1. The number of ether oxygens (including phenoxy) is 4. The van der Waals surface area contributed by atoms with Crippen molar-refractivity contribution in [3.05, 3.63) is 47.5 Å². The fourth-order valence-electron chi connectivity index (χ4n) is 2.60. The van der Waals surface area contributed by atoms with Crippen LogP contribution in [0.5, 0.6) is 23.0 Å². The van der Waals surface area contributed by atoms with Crippen molar-refractivity contribution in [1.29, 1.82) is 0 Å². The van der Waals surface area contributed by atoms with Crippen LogP contribution < -0.4 is 18.9 Å². The van der Waals surface area contributed by atoms with Gasteiger partial charge in [-0.2, -0.15) is 0 Å². The van der Waals surface area contributed by atoms with E-state index in [1.54, 1.807) is 14.2 Å². The van der Waals surface area contributed by atoms with Crippen LogP contribution in [0.2, 0.25) is 0 Å². The van der Waals surface area contributed by atoms with Gasteiger partial charge in [0.15, 0.2) is 11.5 Å². The van der Waals surface area contributed by atoms with Crippen LogP contribution in [-0.4, -0.2) is 21.0 Å². The zero-order valence-corrected chi connectivity index (χ0v) is 15.1. The van der Waals surface area contributed by atoms with Gasteiger partial charge in [0.25, 0.3) is 0 Å². The molecule has 2 aromatic rings. The van der Waals surface area contributed by atoms with Crippen LogP contribution in [0, 0.1) is 0 Å². The monoisotopic (exact) mass is 330 g/mol. The molecule has 0 aromatic heterocycles. The molecule has 0 amide bonds. The molecule has 0 spiro atoms. The Kier molecular flexibility index (Phi) is 6.36. The van der Waals surface area contributed by atoms with Crippen molar-refractivity contribution in [2.24, 2.45) is 0 Å². The lowest BCUT2D eigenvalue weighted by atomic mass is 10.0. The summed E-state index contributed by atoms with van der Waals surface area (Å²) in [7, 11) is 3.33. The van der Waals surface area contributed by atoms with Crippen LogP contribution in [0.3, 0.4) is 0 Å². The van der Waals surface area contributed by atoms with Crippen LogP contribution in [0.25, 0.3) is 0 Å². The number of para-hydroxylation sites is 1. The van der Waals surface area contributed by atoms with E-state index in [4.69, 9.17) is 18.9 Å². The van der Waals surface area contributed by atoms with Gasteiger partial charge in [-0.25, -0.2) is 0 Å². The van der Waals surface area contributed by atoms with Gasteiger partial charge < -0.3 is 18.9 Å². The largest absolute Gasteiger partial charge is 0.496 e. The SMILES string of the molecule is CCc1cccc(OCOc2ccc(OC)c(C(C)C)c2)c1OC. The number of benzene rings is 2. The van der Waals surface area contributed by atoms with E-state index in [2.05, 4.69) is 20.8 Å². The normalized spacial score (nSPS) is 10.6. The van der Waals surface area contributed by atoms with Gasteiger partial charge in [-0.05, 0) is 42.2 Å². The molecule has 130 valence electrons. The Morgan fingerprint density at radius 2 is 1.71 bits per heavy atom. The van der Waals surface area contributed by atoms with Gasteiger partial charge in [-0.3, -0.25) is 0 Å². The van der Waals surface area contributed by atoms with E-state index >= 15 is 0 Å². The van der Waals surface area contributed by atoms with Gasteiger partial charge in [0.1, 0.15) is 11.5 Å². The van der Waals surface area contributed by atoms with E-state index in [1.165, 1.54) is 0 Å². The Bertz CT molecular complexity index is 665. The minimum absolute atomic E-state index is 0.118. The molecule has 0 atom stereocenters. The van der Waals surface area contributed by atoms with Crippen LogP contribution in [-0.2, 0) is 6.42 Å². The molecule has 0 fully saturated rings. The number of hydrogen-bond donors (Lipinski definition) is 0. The molecule has 0 radical (unpaired) electrons. The van der Waals surface area contributed by atoms with E-state index < -0.39 is 0 Å². The molecular weight excluding hydrogens is 304 g/mol. The first-order chi connectivity index (χ1) is 11.6. The predicted octanol–water partition coefficient (Wildman–Crippen LogP) is 4.80. The number of hydrogen-bond acceptors (Lipinski definition) is 4. The molecule has 4 nitrogen and oxygen atoms in total. The van der Waals surface area contributed by atoms with Crippen molar-refractivity contribution in [3.8, 4) is 23.0 Å². The fourth-order valence-corrected chi connectivity index (χ4v) is 2.60. The molecule has 0 aliphatic heterocycles. The van der Waals surface area contributed by atoms with E-state index in [-0.39, 0.29) is 6.79 Å². The van der Waals surface area contributed by atoms with E-state index in [0.29, 0.717) is 11.7 Å². The lowest BCUT2D eigenvalue weighted by Gasteiger charge is -2.16. The second kappa shape index (κ2) is 8.48. The maximum absolute atomic E-state index is 5.75. The van der Waals surface area contributed by atoms with Crippen LogP contribution >= 0.6 is 0 Å². The molecule has 0 aliphatic rings. The van der Waals surface area contributed by atoms with Crippen molar-refractivity contribution in [3.63, 3.8) is 0 Å². The van der Waals surface area contributed by atoms with E-state index in [9.17, 15) is 0 Å². The van der Waals surface area contributed by atoms with Crippen LogP contribution in [0.15, 0.2) is 36.4 Å².